The molecule has 1 amide bonds. The molecule has 1 heterocycles. The SMILES string of the molecule is [N-]=[N+]=NCc1ccccc1[C@H]1OC(c2ccc(OCCCO)cc2)=N[C@@]1(Cc1ccccc1Br)C(=O)NCCc1ccccc1Cl. The molecule has 1 aliphatic heterocycles. The number of carbonyl (C=O) groups excluding carboxylic acids is 1. The predicted octanol–water partition coefficient (Wildman–Crippen LogP) is 7.53. The Labute approximate surface area is 281 Å². The minimum absolute atomic E-state index is 0.0470. The third-order valence-corrected chi connectivity index (χ3v) is 8.87. The highest BCUT2D eigenvalue weighted by molar-refractivity contribution is 9.10. The Balaban J connectivity index is 1.58. The number of hydrogen-bond acceptors (Lipinski definition) is 6. The molecular weight excluding hydrogens is 670 g/mol. The number of aliphatic imine (C=N–C) groups is 1. The van der Waals surface area contributed by atoms with Gasteiger partial charge in [0.05, 0.1) is 13.2 Å². The maximum absolute atomic E-state index is 14.6. The van der Waals surface area contributed by atoms with E-state index in [1.165, 1.54) is 0 Å². The van der Waals surface area contributed by atoms with Crippen molar-refractivity contribution in [2.45, 2.75) is 37.5 Å². The van der Waals surface area contributed by atoms with E-state index in [2.05, 4.69) is 31.3 Å². The van der Waals surface area contributed by atoms with Crippen LogP contribution in [0.2, 0.25) is 5.02 Å². The van der Waals surface area contributed by atoms with Gasteiger partial charge < -0.3 is 19.9 Å². The second-order valence-corrected chi connectivity index (χ2v) is 12.0. The summed E-state index contributed by atoms with van der Waals surface area (Å²) in [6, 6.07) is 30.0. The number of carbonyl (C=O) groups is 1. The van der Waals surface area contributed by atoms with E-state index in [9.17, 15) is 4.79 Å². The highest BCUT2D eigenvalue weighted by atomic mass is 79.9. The molecule has 0 saturated heterocycles. The summed E-state index contributed by atoms with van der Waals surface area (Å²) in [5, 5.41) is 16.7. The van der Waals surface area contributed by atoms with Gasteiger partial charge in [-0.15, -0.1) is 0 Å². The Hall–Kier alpha value is -4.34. The van der Waals surface area contributed by atoms with Crippen LogP contribution in [0, 0.1) is 0 Å². The number of ether oxygens (including phenoxy) is 2. The molecular formula is C35H33BrClN5O4. The molecule has 4 aromatic carbocycles. The lowest BCUT2D eigenvalue weighted by Crippen LogP contribution is -2.50. The number of nitrogens with one attached hydrogen (secondary N) is 1. The van der Waals surface area contributed by atoms with Crippen molar-refractivity contribution in [2.75, 3.05) is 19.8 Å². The number of aliphatic hydroxyl groups excluding tert-OH is 1. The highest BCUT2D eigenvalue weighted by Gasteiger charge is 2.54. The van der Waals surface area contributed by atoms with E-state index in [0.29, 0.717) is 53.8 Å². The molecule has 0 radical (unpaired) electrons. The number of hydrogen-bond donors (Lipinski definition) is 2. The van der Waals surface area contributed by atoms with Gasteiger partial charge in [0.25, 0.3) is 5.91 Å². The first-order valence-corrected chi connectivity index (χ1v) is 16.1. The molecule has 4 aromatic rings. The molecule has 1 aliphatic rings. The molecule has 0 unspecified atom stereocenters. The number of rotatable bonds is 14. The highest BCUT2D eigenvalue weighted by Crippen LogP contribution is 2.44. The number of azide groups is 1. The van der Waals surface area contributed by atoms with Crippen LogP contribution in [0.4, 0.5) is 0 Å². The molecule has 9 nitrogen and oxygen atoms in total. The Morgan fingerprint density at radius 2 is 1.72 bits per heavy atom. The first kappa shape index (κ1) is 33.0. The predicted molar refractivity (Wildman–Crippen MR) is 182 cm³/mol. The number of nitrogens with zero attached hydrogens (tertiary/aromatic N) is 4. The van der Waals surface area contributed by atoms with Crippen molar-refractivity contribution in [3.05, 3.63) is 145 Å². The van der Waals surface area contributed by atoms with Crippen molar-refractivity contribution >= 4 is 39.3 Å². The standard InChI is InChI=1S/C35H33BrClN5O4/c36-30-12-5-2-9-26(30)22-35(34(44)39-19-18-24-8-3-6-13-31(24)37)32(29-11-4-1-10-27(29)23-40-42-38)46-33(41-35)25-14-16-28(17-15-25)45-21-7-20-43/h1-6,8-17,32,43H,7,18-23H2,(H,39,44)/t32-,35-/m1/s1. The Bertz CT molecular complexity index is 1750. The monoisotopic (exact) mass is 701 g/mol. The van der Waals surface area contributed by atoms with E-state index in [4.69, 9.17) is 36.7 Å². The molecule has 0 fully saturated rings. The molecule has 46 heavy (non-hydrogen) atoms. The van der Waals surface area contributed by atoms with Crippen molar-refractivity contribution in [1.82, 2.24) is 5.32 Å². The van der Waals surface area contributed by atoms with Crippen LogP contribution in [-0.4, -0.2) is 42.2 Å². The molecule has 5 rings (SSSR count). The van der Waals surface area contributed by atoms with Gasteiger partial charge in [0, 0.05) is 46.0 Å². The van der Waals surface area contributed by atoms with Gasteiger partial charge in [-0.25, -0.2) is 4.99 Å². The van der Waals surface area contributed by atoms with E-state index in [1.807, 2.05) is 84.9 Å². The molecule has 2 atom stereocenters. The summed E-state index contributed by atoms with van der Waals surface area (Å²) < 4.78 is 13.2. The number of amides is 1. The van der Waals surface area contributed by atoms with Crippen LogP contribution in [0.1, 0.15) is 40.3 Å². The zero-order valence-electron chi connectivity index (χ0n) is 25.0. The molecule has 0 aliphatic carbocycles. The third-order valence-electron chi connectivity index (χ3n) is 7.73. The van der Waals surface area contributed by atoms with E-state index in [0.717, 1.165) is 21.2 Å². The van der Waals surface area contributed by atoms with Crippen LogP contribution in [0.3, 0.4) is 0 Å². The lowest BCUT2D eigenvalue weighted by Gasteiger charge is -2.32. The van der Waals surface area contributed by atoms with E-state index in [1.54, 1.807) is 12.1 Å². The Morgan fingerprint density at radius 3 is 2.43 bits per heavy atom. The average Bonchev–Trinajstić information content (AvgIpc) is 3.46. The fourth-order valence-electron chi connectivity index (χ4n) is 5.40. The van der Waals surface area contributed by atoms with Crippen LogP contribution in [-0.2, 0) is 28.9 Å². The Morgan fingerprint density at radius 1 is 1.02 bits per heavy atom. The molecule has 0 aromatic heterocycles. The van der Waals surface area contributed by atoms with Crippen LogP contribution in [0.5, 0.6) is 5.75 Å². The summed E-state index contributed by atoms with van der Waals surface area (Å²) in [6.07, 6.45) is 0.431. The van der Waals surface area contributed by atoms with E-state index >= 15 is 0 Å². The van der Waals surface area contributed by atoms with Crippen molar-refractivity contribution in [1.29, 1.82) is 0 Å². The molecule has 0 spiro atoms. The molecule has 11 heteroatoms. The summed E-state index contributed by atoms with van der Waals surface area (Å²) in [5.74, 6) is 0.639. The lowest BCUT2D eigenvalue weighted by molar-refractivity contribution is -0.128. The average molecular weight is 703 g/mol. The van der Waals surface area contributed by atoms with Crippen LogP contribution in [0.15, 0.2) is 112 Å². The van der Waals surface area contributed by atoms with Gasteiger partial charge in [-0.3, -0.25) is 4.79 Å². The maximum Gasteiger partial charge on any atom is 0.252 e. The largest absolute Gasteiger partial charge is 0.494 e. The van der Waals surface area contributed by atoms with E-state index < -0.39 is 11.6 Å². The zero-order valence-corrected chi connectivity index (χ0v) is 27.3. The fourth-order valence-corrected chi connectivity index (χ4v) is 6.05. The fraction of sp³-hybridized carbons (Fsp3) is 0.257. The number of aliphatic hydroxyl groups is 1. The molecule has 0 bridgehead atoms. The minimum Gasteiger partial charge on any atom is -0.494 e. The van der Waals surface area contributed by atoms with Gasteiger partial charge in [-0.05, 0) is 70.6 Å². The maximum atomic E-state index is 14.6. The van der Waals surface area contributed by atoms with Crippen LogP contribution < -0.4 is 10.1 Å². The van der Waals surface area contributed by atoms with Crippen molar-refractivity contribution in [2.24, 2.45) is 10.1 Å². The van der Waals surface area contributed by atoms with Gasteiger partial charge >= 0.3 is 0 Å². The summed E-state index contributed by atoms with van der Waals surface area (Å²) in [4.78, 5) is 22.6. The van der Waals surface area contributed by atoms with Gasteiger partial charge in [0.15, 0.2) is 11.6 Å². The minimum atomic E-state index is -1.43. The van der Waals surface area contributed by atoms with Crippen molar-refractivity contribution < 1.29 is 19.4 Å². The summed E-state index contributed by atoms with van der Waals surface area (Å²) in [7, 11) is 0. The van der Waals surface area contributed by atoms with Gasteiger partial charge in [-0.1, -0.05) is 93.3 Å². The molecule has 236 valence electrons. The Kier molecular flexibility index (Phi) is 11.3. The van der Waals surface area contributed by atoms with Crippen molar-refractivity contribution in [3.63, 3.8) is 0 Å². The van der Waals surface area contributed by atoms with Gasteiger partial charge in [-0.2, -0.15) is 0 Å². The van der Waals surface area contributed by atoms with Crippen molar-refractivity contribution in [3.8, 4) is 5.75 Å². The van der Waals surface area contributed by atoms with Crippen LogP contribution in [0.25, 0.3) is 10.4 Å². The van der Waals surface area contributed by atoms with E-state index in [-0.39, 0.29) is 25.5 Å². The normalized spacial score (nSPS) is 17.0. The summed E-state index contributed by atoms with van der Waals surface area (Å²) in [6.45, 7) is 0.852. The lowest BCUT2D eigenvalue weighted by atomic mass is 9.80. The topological polar surface area (TPSA) is 129 Å². The summed E-state index contributed by atoms with van der Waals surface area (Å²) in [5.41, 5.74) is 11.6. The second-order valence-electron chi connectivity index (χ2n) is 10.7. The van der Waals surface area contributed by atoms with Crippen LogP contribution >= 0.6 is 27.5 Å². The second kappa shape index (κ2) is 15.8. The van der Waals surface area contributed by atoms with Gasteiger partial charge in [0.2, 0.25) is 5.90 Å². The first-order chi connectivity index (χ1) is 22.4. The molecule has 2 N–H and O–H groups in total. The summed E-state index contributed by atoms with van der Waals surface area (Å²) >= 11 is 10.1. The van der Waals surface area contributed by atoms with Gasteiger partial charge in [0.1, 0.15) is 5.75 Å². The first-order valence-electron chi connectivity index (χ1n) is 14.9. The quantitative estimate of drug-likeness (QED) is 0.0609. The smallest absolute Gasteiger partial charge is 0.252 e. The number of benzene rings is 4. The number of halogens is 2. The third kappa shape index (κ3) is 7.71. The molecule has 0 saturated carbocycles. The zero-order chi connectivity index (χ0) is 32.4.